The number of alkyl halides is 3. The van der Waals surface area contributed by atoms with Crippen LogP contribution in [0.5, 0.6) is 11.5 Å². The summed E-state index contributed by atoms with van der Waals surface area (Å²) < 4.78 is 49.1. The highest BCUT2D eigenvalue weighted by Gasteiger charge is 2.28. The van der Waals surface area contributed by atoms with Crippen molar-refractivity contribution in [1.29, 1.82) is 0 Å². The third-order valence-electron chi connectivity index (χ3n) is 2.07. The Morgan fingerprint density at radius 2 is 2.00 bits per heavy atom. The van der Waals surface area contributed by atoms with Gasteiger partial charge in [-0.1, -0.05) is 0 Å². The highest BCUT2D eigenvalue weighted by atomic mass is 79.9. The van der Waals surface area contributed by atoms with Gasteiger partial charge in [-0.05, 0) is 28.1 Å². The molecule has 0 unspecified atom stereocenters. The van der Waals surface area contributed by atoms with Crippen LogP contribution >= 0.6 is 15.9 Å². The average molecular weight is 359 g/mol. The molecule has 0 spiro atoms. The Morgan fingerprint density at radius 1 is 1.35 bits per heavy atom. The highest BCUT2D eigenvalue weighted by Crippen LogP contribution is 2.36. The van der Waals surface area contributed by atoms with Gasteiger partial charge in [-0.25, -0.2) is 4.79 Å². The number of rotatable bonds is 6. The van der Waals surface area contributed by atoms with Crippen molar-refractivity contribution in [2.75, 3.05) is 20.3 Å². The molecule has 0 amide bonds. The van der Waals surface area contributed by atoms with Crippen LogP contribution in [0.2, 0.25) is 0 Å². The van der Waals surface area contributed by atoms with Crippen LogP contribution in [0, 0.1) is 0 Å². The van der Waals surface area contributed by atoms with E-state index in [9.17, 15) is 18.0 Å². The lowest BCUT2D eigenvalue weighted by Crippen LogP contribution is -2.18. The number of hydrogen-bond donors (Lipinski definition) is 1. The number of carboxylic acids is 1. The van der Waals surface area contributed by atoms with Crippen LogP contribution in [-0.4, -0.2) is 37.8 Å². The minimum Gasteiger partial charge on any atom is -0.493 e. The number of halogens is 4. The molecular formula is C11H10BrF3O5. The fourth-order valence-electron chi connectivity index (χ4n) is 1.28. The molecule has 0 saturated heterocycles. The molecule has 1 aromatic rings. The summed E-state index contributed by atoms with van der Waals surface area (Å²) in [5, 5.41) is 8.86. The van der Waals surface area contributed by atoms with Crippen LogP contribution < -0.4 is 9.47 Å². The maximum atomic E-state index is 11.8. The first-order valence-corrected chi connectivity index (χ1v) is 5.98. The molecule has 0 fully saturated rings. The van der Waals surface area contributed by atoms with Gasteiger partial charge in [0.2, 0.25) is 0 Å². The standard InChI is InChI=1S/C11H10BrF3O5/c1-18-8-5-6(10(16)17)4-7(12)9(8)19-2-3-20-11(13,14)15/h4-5H,2-3H2,1H3,(H,16,17). The Morgan fingerprint density at radius 3 is 2.50 bits per heavy atom. The topological polar surface area (TPSA) is 65.0 Å². The summed E-state index contributed by atoms with van der Waals surface area (Å²) in [5.41, 5.74) is -0.0485. The molecule has 0 radical (unpaired) electrons. The zero-order valence-corrected chi connectivity index (χ0v) is 11.7. The summed E-state index contributed by atoms with van der Waals surface area (Å²) in [6.07, 6.45) is -4.72. The largest absolute Gasteiger partial charge is 0.522 e. The molecule has 0 bridgehead atoms. The van der Waals surface area contributed by atoms with Crippen LogP contribution in [0.3, 0.4) is 0 Å². The van der Waals surface area contributed by atoms with E-state index in [1.54, 1.807) is 0 Å². The van der Waals surface area contributed by atoms with E-state index in [-0.39, 0.29) is 28.1 Å². The fraction of sp³-hybridized carbons (Fsp3) is 0.364. The number of carbonyl (C=O) groups is 1. The number of carboxylic acid groups (broad SMARTS) is 1. The van der Waals surface area contributed by atoms with Gasteiger partial charge in [0.1, 0.15) is 6.61 Å². The van der Waals surface area contributed by atoms with Crippen LogP contribution in [0.15, 0.2) is 16.6 Å². The molecule has 9 heteroatoms. The number of methoxy groups -OCH3 is 1. The molecule has 1 rings (SSSR count). The molecule has 1 aromatic carbocycles. The second kappa shape index (κ2) is 6.80. The van der Waals surface area contributed by atoms with Crippen molar-refractivity contribution in [2.45, 2.75) is 6.36 Å². The first-order valence-electron chi connectivity index (χ1n) is 5.19. The van der Waals surface area contributed by atoms with E-state index in [0.717, 1.165) is 0 Å². The molecular weight excluding hydrogens is 349 g/mol. The maximum absolute atomic E-state index is 11.8. The van der Waals surface area contributed by atoms with Gasteiger partial charge in [0.25, 0.3) is 0 Å². The van der Waals surface area contributed by atoms with Crippen LogP contribution in [0.25, 0.3) is 0 Å². The van der Waals surface area contributed by atoms with Crippen molar-refractivity contribution >= 4 is 21.9 Å². The first kappa shape index (κ1) is 16.6. The van der Waals surface area contributed by atoms with E-state index in [1.165, 1.54) is 19.2 Å². The molecule has 0 aliphatic carbocycles. The summed E-state index contributed by atoms with van der Waals surface area (Å²) in [6.45, 7) is -1.07. The van der Waals surface area contributed by atoms with Gasteiger partial charge >= 0.3 is 12.3 Å². The molecule has 1 N–H and O–H groups in total. The van der Waals surface area contributed by atoms with Gasteiger partial charge in [-0.15, -0.1) is 13.2 Å². The third kappa shape index (κ3) is 4.89. The zero-order valence-electron chi connectivity index (χ0n) is 10.2. The molecule has 20 heavy (non-hydrogen) atoms. The van der Waals surface area contributed by atoms with Crippen molar-refractivity contribution in [3.05, 3.63) is 22.2 Å². The molecule has 112 valence electrons. The predicted molar refractivity (Wildman–Crippen MR) is 65.2 cm³/mol. The molecule has 0 atom stereocenters. The van der Waals surface area contributed by atoms with E-state index >= 15 is 0 Å². The smallest absolute Gasteiger partial charge is 0.493 e. The monoisotopic (exact) mass is 358 g/mol. The Balaban J connectivity index is 2.77. The maximum Gasteiger partial charge on any atom is 0.522 e. The summed E-state index contributed by atoms with van der Waals surface area (Å²) in [7, 11) is 1.28. The lowest BCUT2D eigenvalue weighted by molar-refractivity contribution is -0.325. The van der Waals surface area contributed by atoms with Crippen molar-refractivity contribution in [3.63, 3.8) is 0 Å². The SMILES string of the molecule is COc1cc(C(=O)O)cc(Br)c1OCCOC(F)(F)F. The molecule has 0 aliphatic rings. The van der Waals surface area contributed by atoms with Crippen LogP contribution in [0.4, 0.5) is 13.2 Å². The Hall–Kier alpha value is -1.48. The van der Waals surface area contributed by atoms with Crippen molar-refractivity contribution in [1.82, 2.24) is 0 Å². The molecule has 0 saturated carbocycles. The van der Waals surface area contributed by atoms with Gasteiger partial charge < -0.3 is 14.6 Å². The van der Waals surface area contributed by atoms with Gasteiger partial charge in [0.15, 0.2) is 11.5 Å². The number of aromatic carboxylic acids is 1. The summed E-state index contributed by atoms with van der Waals surface area (Å²) in [4.78, 5) is 10.8. The number of hydrogen-bond acceptors (Lipinski definition) is 4. The third-order valence-corrected chi connectivity index (χ3v) is 2.66. The minimum atomic E-state index is -4.72. The average Bonchev–Trinajstić information content (AvgIpc) is 2.33. The van der Waals surface area contributed by atoms with Gasteiger partial charge in [0.05, 0.1) is 23.8 Å². The van der Waals surface area contributed by atoms with E-state index < -0.39 is 18.9 Å². The van der Waals surface area contributed by atoms with Crippen molar-refractivity contribution in [2.24, 2.45) is 0 Å². The van der Waals surface area contributed by atoms with E-state index in [4.69, 9.17) is 14.6 Å². The molecule has 5 nitrogen and oxygen atoms in total. The van der Waals surface area contributed by atoms with Crippen LogP contribution in [0.1, 0.15) is 10.4 Å². The van der Waals surface area contributed by atoms with Crippen molar-refractivity contribution < 1.29 is 37.3 Å². The van der Waals surface area contributed by atoms with E-state index in [0.29, 0.717) is 0 Å². The summed E-state index contributed by atoms with van der Waals surface area (Å²) in [6, 6.07) is 2.46. The number of ether oxygens (including phenoxy) is 3. The Bertz CT molecular complexity index is 490. The quantitative estimate of drug-likeness (QED) is 0.791. The molecule has 0 heterocycles. The van der Waals surface area contributed by atoms with E-state index in [2.05, 4.69) is 20.7 Å². The highest BCUT2D eigenvalue weighted by molar-refractivity contribution is 9.10. The van der Waals surface area contributed by atoms with Crippen molar-refractivity contribution in [3.8, 4) is 11.5 Å². The lowest BCUT2D eigenvalue weighted by atomic mass is 10.2. The molecule has 0 aromatic heterocycles. The lowest BCUT2D eigenvalue weighted by Gasteiger charge is -2.14. The Kier molecular flexibility index (Phi) is 5.63. The van der Waals surface area contributed by atoms with E-state index in [1.807, 2.05) is 0 Å². The molecule has 0 aliphatic heterocycles. The number of benzene rings is 1. The summed E-state index contributed by atoms with van der Waals surface area (Å²) in [5.74, 6) is -0.983. The minimum absolute atomic E-state index is 0.0485. The Labute approximate surface area is 120 Å². The normalized spacial score (nSPS) is 11.2. The second-order valence-electron chi connectivity index (χ2n) is 3.44. The fourth-order valence-corrected chi connectivity index (χ4v) is 1.84. The predicted octanol–water partition coefficient (Wildman–Crippen LogP) is 3.07. The van der Waals surface area contributed by atoms with Gasteiger partial charge in [-0.3, -0.25) is 4.74 Å². The summed E-state index contributed by atoms with van der Waals surface area (Å²) >= 11 is 3.07. The second-order valence-corrected chi connectivity index (χ2v) is 4.29. The van der Waals surface area contributed by atoms with Gasteiger partial charge in [0, 0.05) is 0 Å². The van der Waals surface area contributed by atoms with Gasteiger partial charge in [-0.2, -0.15) is 0 Å². The van der Waals surface area contributed by atoms with Crippen LogP contribution in [-0.2, 0) is 4.74 Å². The zero-order chi connectivity index (χ0) is 15.3. The first-order chi connectivity index (χ1) is 9.24.